The molecule has 0 spiro atoms. The first kappa shape index (κ1) is 11.8. The number of methoxy groups -OCH3 is 2. The van der Waals surface area contributed by atoms with Crippen LogP contribution < -0.4 is 9.47 Å². The van der Waals surface area contributed by atoms with Crippen molar-refractivity contribution in [1.29, 1.82) is 0 Å². The smallest absolute Gasteiger partial charge is 0.164 e. The third kappa shape index (κ3) is 1.69. The first-order valence-electron chi connectivity index (χ1n) is 6.67. The van der Waals surface area contributed by atoms with E-state index in [1.54, 1.807) is 14.2 Å². The molecule has 1 fully saturated rings. The van der Waals surface area contributed by atoms with Crippen LogP contribution in [0.1, 0.15) is 17.5 Å². The Morgan fingerprint density at radius 3 is 2.72 bits per heavy atom. The minimum absolute atomic E-state index is 0.718. The third-order valence-electron chi connectivity index (χ3n) is 4.60. The molecule has 1 aliphatic carbocycles. The quantitative estimate of drug-likeness (QED) is 0.799. The van der Waals surface area contributed by atoms with Gasteiger partial charge in [0.05, 0.1) is 14.2 Å². The van der Waals surface area contributed by atoms with Gasteiger partial charge in [-0.3, -0.25) is 0 Å². The number of benzene rings is 1. The highest BCUT2D eigenvalue weighted by molar-refractivity contribution is 5.52. The van der Waals surface area contributed by atoms with Crippen molar-refractivity contribution < 1.29 is 9.47 Å². The van der Waals surface area contributed by atoms with Crippen LogP contribution in [0.3, 0.4) is 0 Å². The van der Waals surface area contributed by atoms with Gasteiger partial charge in [0.2, 0.25) is 0 Å². The zero-order valence-corrected chi connectivity index (χ0v) is 11.4. The molecule has 0 amide bonds. The average molecular weight is 247 g/mol. The van der Waals surface area contributed by atoms with Gasteiger partial charge in [-0.05, 0) is 50.4 Å². The lowest BCUT2D eigenvalue weighted by Gasteiger charge is -2.32. The molecule has 1 aromatic carbocycles. The Bertz CT molecular complexity index is 458. The fourth-order valence-corrected chi connectivity index (χ4v) is 3.58. The topological polar surface area (TPSA) is 21.7 Å². The van der Waals surface area contributed by atoms with Crippen LogP contribution in [0.2, 0.25) is 0 Å². The Kier molecular flexibility index (Phi) is 2.94. The molecule has 18 heavy (non-hydrogen) atoms. The van der Waals surface area contributed by atoms with Gasteiger partial charge in [-0.15, -0.1) is 0 Å². The van der Waals surface area contributed by atoms with Gasteiger partial charge >= 0.3 is 0 Å². The summed E-state index contributed by atoms with van der Waals surface area (Å²) < 4.78 is 11.0. The second-order valence-electron chi connectivity index (χ2n) is 5.44. The number of nitrogens with zero attached hydrogens (tertiary/aromatic N) is 1. The van der Waals surface area contributed by atoms with Gasteiger partial charge in [-0.2, -0.15) is 0 Å². The molecule has 2 atom stereocenters. The number of likely N-dealkylation sites (N-methyl/N-ethyl adjacent to an activating group) is 1. The zero-order valence-electron chi connectivity index (χ0n) is 11.4. The van der Waals surface area contributed by atoms with E-state index in [4.69, 9.17) is 9.47 Å². The molecule has 3 nitrogen and oxygen atoms in total. The predicted octanol–water partition coefficient (Wildman–Crippen LogP) is 2.12. The van der Waals surface area contributed by atoms with Crippen LogP contribution in [0.15, 0.2) is 12.1 Å². The van der Waals surface area contributed by atoms with Gasteiger partial charge in [0, 0.05) is 11.6 Å². The molecule has 1 aromatic rings. The van der Waals surface area contributed by atoms with Crippen molar-refractivity contribution in [2.75, 3.05) is 27.8 Å². The Balaban J connectivity index is 2.01. The number of fused-ring (bicyclic) bond motifs is 2. The van der Waals surface area contributed by atoms with E-state index in [1.165, 1.54) is 24.1 Å². The van der Waals surface area contributed by atoms with Crippen LogP contribution in [0, 0.1) is 5.92 Å². The second kappa shape index (κ2) is 4.47. The summed E-state index contributed by atoms with van der Waals surface area (Å²) in [4.78, 5) is 2.50. The van der Waals surface area contributed by atoms with E-state index in [1.807, 2.05) is 6.07 Å². The van der Waals surface area contributed by atoms with Crippen molar-refractivity contribution >= 4 is 0 Å². The average Bonchev–Trinajstić information content (AvgIpc) is 2.76. The van der Waals surface area contributed by atoms with Crippen LogP contribution in [-0.4, -0.2) is 38.8 Å². The maximum Gasteiger partial charge on any atom is 0.164 e. The van der Waals surface area contributed by atoms with Gasteiger partial charge in [0.1, 0.15) is 0 Å². The third-order valence-corrected chi connectivity index (χ3v) is 4.60. The lowest BCUT2D eigenvalue weighted by molar-refractivity contribution is 0.255. The molecule has 0 aromatic heterocycles. The summed E-state index contributed by atoms with van der Waals surface area (Å²) in [7, 11) is 5.70. The van der Waals surface area contributed by atoms with Crippen LogP contribution in [0.4, 0.5) is 0 Å². The van der Waals surface area contributed by atoms with E-state index in [0.29, 0.717) is 0 Å². The van der Waals surface area contributed by atoms with Gasteiger partial charge in [0.25, 0.3) is 0 Å². The molecule has 0 bridgehead atoms. The molecule has 98 valence electrons. The number of likely N-dealkylation sites (tertiary alicyclic amines) is 1. The summed E-state index contributed by atoms with van der Waals surface area (Å²) >= 11 is 0. The Hall–Kier alpha value is -1.22. The molecule has 0 N–H and O–H groups in total. The van der Waals surface area contributed by atoms with Crippen LogP contribution in [-0.2, 0) is 12.8 Å². The zero-order chi connectivity index (χ0) is 12.7. The molecule has 2 aliphatic rings. The second-order valence-corrected chi connectivity index (χ2v) is 5.44. The summed E-state index contributed by atoms with van der Waals surface area (Å²) in [5.41, 5.74) is 2.80. The van der Waals surface area contributed by atoms with E-state index in [0.717, 1.165) is 36.3 Å². The summed E-state index contributed by atoms with van der Waals surface area (Å²) in [5.74, 6) is 2.59. The summed E-state index contributed by atoms with van der Waals surface area (Å²) in [5, 5.41) is 0. The normalized spacial score (nSPS) is 26.6. The maximum atomic E-state index is 5.57. The minimum Gasteiger partial charge on any atom is -0.493 e. The first-order valence-corrected chi connectivity index (χ1v) is 6.67. The van der Waals surface area contributed by atoms with E-state index in [9.17, 15) is 0 Å². The summed E-state index contributed by atoms with van der Waals surface area (Å²) in [6.07, 6.45) is 3.59. The fraction of sp³-hybridized carbons (Fsp3) is 0.600. The van der Waals surface area contributed by atoms with Gasteiger partial charge in [0.15, 0.2) is 11.5 Å². The summed E-state index contributed by atoms with van der Waals surface area (Å²) in [6, 6.07) is 4.96. The van der Waals surface area contributed by atoms with Gasteiger partial charge < -0.3 is 14.4 Å². The first-order chi connectivity index (χ1) is 8.74. The Morgan fingerprint density at radius 2 is 2.00 bits per heavy atom. The highest BCUT2D eigenvalue weighted by atomic mass is 16.5. The molecular weight excluding hydrogens is 226 g/mol. The standard InChI is InChI=1S/C15H21NO2/c1-16-7-6-11-8-12-10(9-13(11)16)4-5-14(17-2)15(12)18-3/h4-5,11,13H,6-9H2,1-3H3/t11-,13-/m1/s1. The van der Waals surface area contributed by atoms with Crippen molar-refractivity contribution in [3.05, 3.63) is 23.3 Å². The van der Waals surface area contributed by atoms with E-state index in [2.05, 4.69) is 18.0 Å². The molecule has 3 rings (SSSR count). The Morgan fingerprint density at radius 1 is 1.17 bits per heavy atom. The molecular formula is C15H21NO2. The van der Waals surface area contributed by atoms with Gasteiger partial charge in [-0.25, -0.2) is 0 Å². The molecule has 0 radical (unpaired) electrons. The molecule has 0 saturated carbocycles. The van der Waals surface area contributed by atoms with Crippen molar-refractivity contribution in [2.24, 2.45) is 5.92 Å². The molecule has 1 aliphatic heterocycles. The highest BCUT2D eigenvalue weighted by Crippen LogP contribution is 2.42. The largest absolute Gasteiger partial charge is 0.493 e. The highest BCUT2D eigenvalue weighted by Gasteiger charge is 2.37. The van der Waals surface area contributed by atoms with Crippen molar-refractivity contribution in [3.63, 3.8) is 0 Å². The van der Waals surface area contributed by atoms with Crippen LogP contribution in [0.25, 0.3) is 0 Å². The molecule has 3 heteroatoms. The van der Waals surface area contributed by atoms with E-state index < -0.39 is 0 Å². The summed E-state index contributed by atoms with van der Waals surface area (Å²) in [6.45, 7) is 1.22. The van der Waals surface area contributed by atoms with Gasteiger partial charge in [-0.1, -0.05) is 6.07 Å². The van der Waals surface area contributed by atoms with E-state index >= 15 is 0 Å². The fourth-order valence-electron chi connectivity index (χ4n) is 3.58. The minimum atomic E-state index is 0.718. The number of ether oxygens (including phenoxy) is 2. The van der Waals surface area contributed by atoms with Crippen LogP contribution in [0.5, 0.6) is 11.5 Å². The Labute approximate surface area is 109 Å². The van der Waals surface area contributed by atoms with E-state index in [-0.39, 0.29) is 0 Å². The van der Waals surface area contributed by atoms with Crippen molar-refractivity contribution in [1.82, 2.24) is 4.90 Å². The monoisotopic (exact) mass is 247 g/mol. The lowest BCUT2D eigenvalue weighted by atomic mass is 9.80. The SMILES string of the molecule is COc1ccc2c(c1OC)C[C@H]1CCN(C)[C@@H]1C2. The number of rotatable bonds is 2. The number of hydrogen-bond acceptors (Lipinski definition) is 3. The van der Waals surface area contributed by atoms with Crippen LogP contribution >= 0.6 is 0 Å². The molecule has 1 heterocycles. The predicted molar refractivity (Wildman–Crippen MR) is 71.5 cm³/mol. The maximum absolute atomic E-state index is 5.57. The van der Waals surface area contributed by atoms with Crippen molar-refractivity contribution in [3.8, 4) is 11.5 Å². The van der Waals surface area contributed by atoms with Crippen molar-refractivity contribution in [2.45, 2.75) is 25.3 Å². The number of hydrogen-bond donors (Lipinski definition) is 0. The molecule has 1 saturated heterocycles. The lowest BCUT2D eigenvalue weighted by Crippen LogP contribution is -2.35. The molecule has 0 unspecified atom stereocenters.